The maximum absolute atomic E-state index is 8.74. The Labute approximate surface area is 107 Å². The molecule has 0 unspecified atom stereocenters. The molecule has 1 aromatic carbocycles. The van der Waals surface area contributed by atoms with Crippen molar-refractivity contribution in [2.75, 3.05) is 24.7 Å². The third kappa shape index (κ3) is 10.00. The van der Waals surface area contributed by atoms with Gasteiger partial charge >= 0.3 is 10.4 Å². The lowest BCUT2D eigenvalue weighted by atomic mass is 10.3. The average Bonchev–Trinajstić information content (AvgIpc) is 2.29. The number of rotatable bonds is 5. The minimum absolute atomic E-state index is 0.156. The maximum Gasteiger partial charge on any atom is 0.394 e. The number of hydrogen-bond donors (Lipinski definition) is 4. The number of aliphatic hydroxyl groups is 1. The van der Waals surface area contributed by atoms with Gasteiger partial charge in [0.1, 0.15) is 0 Å². The van der Waals surface area contributed by atoms with Crippen molar-refractivity contribution in [1.82, 2.24) is 5.43 Å². The number of hydrogen-bond acceptors (Lipinski definition) is 5. The molecule has 1 aromatic rings. The molecule has 0 saturated heterocycles. The van der Waals surface area contributed by atoms with Crippen LogP contribution in [-0.2, 0) is 10.4 Å². The van der Waals surface area contributed by atoms with E-state index in [1.54, 1.807) is 0 Å². The molecular formula is C10H18N2O5S. The summed E-state index contributed by atoms with van der Waals surface area (Å²) >= 11 is 0. The van der Waals surface area contributed by atoms with Gasteiger partial charge in [-0.25, -0.2) is 5.43 Å². The van der Waals surface area contributed by atoms with E-state index in [4.69, 9.17) is 22.6 Å². The molecule has 4 N–H and O–H groups in total. The summed E-state index contributed by atoms with van der Waals surface area (Å²) in [4.78, 5) is 0. The Morgan fingerprint density at radius 1 is 1.22 bits per heavy atom. The molecule has 0 aliphatic rings. The monoisotopic (exact) mass is 278 g/mol. The van der Waals surface area contributed by atoms with Crippen LogP contribution in [0.25, 0.3) is 0 Å². The van der Waals surface area contributed by atoms with E-state index in [2.05, 4.69) is 12.3 Å². The fourth-order valence-corrected chi connectivity index (χ4v) is 1.18. The van der Waals surface area contributed by atoms with Crippen molar-refractivity contribution in [2.45, 2.75) is 6.92 Å². The number of para-hydroxylation sites is 1. The summed E-state index contributed by atoms with van der Waals surface area (Å²) in [5.74, 6) is 0. The van der Waals surface area contributed by atoms with Gasteiger partial charge in [-0.15, -0.1) is 0 Å². The van der Waals surface area contributed by atoms with Gasteiger partial charge in [-0.3, -0.25) is 9.11 Å². The van der Waals surface area contributed by atoms with Crippen molar-refractivity contribution in [2.24, 2.45) is 0 Å². The molecule has 0 spiro atoms. The van der Waals surface area contributed by atoms with E-state index < -0.39 is 10.4 Å². The van der Waals surface area contributed by atoms with Crippen molar-refractivity contribution in [1.29, 1.82) is 0 Å². The third-order valence-electron chi connectivity index (χ3n) is 1.80. The van der Waals surface area contributed by atoms with Gasteiger partial charge in [0.2, 0.25) is 0 Å². The topological polar surface area (TPSA) is 110 Å². The smallest absolute Gasteiger partial charge is 0.394 e. The van der Waals surface area contributed by atoms with Crippen LogP contribution < -0.4 is 10.4 Å². The number of hydrazine groups is 1. The zero-order chi connectivity index (χ0) is 14.0. The van der Waals surface area contributed by atoms with Crippen LogP contribution in [0.4, 0.5) is 5.69 Å². The Balaban J connectivity index is 0.000000494. The normalized spacial score (nSPS) is 10.4. The summed E-state index contributed by atoms with van der Waals surface area (Å²) in [5.41, 5.74) is 4.24. The highest BCUT2D eigenvalue weighted by Gasteiger charge is 2.00. The fraction of sp³-hybridized carbons (Fsp3) is 0.400. The van der Waals surface area contributed by atoms with E-state index in [0.717, 1.165) is 12.2 Å². The standard InChI is InChI=1S/C10H16N2O.H2O4S/c1-2-12(11-8-9-13)10-6-4-3-5-7-10;1-5(2,3)4/h3-7,11,13H,2,8-9H2,1H3;(H2,1,2,3,4). The first-order chi connectivity index (χ1) is 8.38. The maximum atomic E-state index is 8.74. The molecule has 18 heavy (non-hydrogen) atoms. The Morgan fingerprint density at radius 2 is 1.72 bits per heavy atom. The predicted molar refractivity (Wildman–Crippen MR) is 68.7 cm³/mol. The van der Waals surface area contributed by atoms with E-state index in [-0.39, 0.29) is 6.61 Å². The van der Waals surface area contributed by atoms with Gasteiger partial charge in [0.25, 0.3) is 0 Å². The van der Waals surface area contributed by atoms with Crippen molar-refractivity contribution >= 4 is 16.1 Å². The number of benzene rings is 1. The minimum atomic E-state index is -4.67. The molecule has 0 bridgehead atoms. The molecule has 0 aromatic heterocycles. The predicted octanol–water partition coefficient (Wildman–Crippen LogP) is 0.357. The van der Waals surface area contributed by atoms with E-state index in [1.807, 2.05) is 35.3 Å². The first-order valence-electron chi connectivity index (χ1n) is 5.25. The Bertz CT molecular complexity index is 402. The van der Waals surface area contributed by atoms with Gasteiger partial charge in [0.05, 0.1) is 12.3 Å². The van der Waals surface area contributed by atoms with Gasteiger partial charge in [-0.1, -0.05) is 18.2 Å². The second-order valence-corrected chi connectivity index (χ2v) is 4.06. The third-order valence-corrected chi connectivity index (χ3v) is 1.80. The van der Waals surface area contributed by atoms with Gasteiger partial charge < -0.3 is 10.1 Å². The number of nitrogens with one attached hydrogen (secondary N) is 1. The zero-order valence-corrected chi connectivity index (χ0v) is 10.8. The Morgan fingerprint density at radius 3 is 2.11 bits per heavy atom. The van der Waals surface area contributed by atoms with Crippen molar-refractivity contribution in [3.05, 3.63) is 30.3 Å². The quantitative estimate of drug-likeness (QED) is 0.454. The summed E-state index contributed by atoms with van der Waals surface area (Å²) in [7, 11) is -4.67. The van der Waals surface area contributed by atoms with Crippen LogP contribution in [0.15, 0.2) is 30.3 Å². The SMILES string of the molecule is CCN(NCCO)c1ccccc1.O=S(=O)(O)O. The first kappa shape index (κ1) is 16.8. The van der Waals surface area contributed by atoms with E-state index in [1.165, 1.54) is 0 Å². The second-order valence-electron chi connectivity index (χ2n) is 3.16. The van der Waals surface area contributed by atoms with Crippen LogP contribution in [0.2, 0.25) is 0 Å². The lowest BCUT2D eigenvalue weighted by molar-refractivity contribution is 0.290. The van der Waals surface area contributed by atoms with Crippen molar-refractivity contribution < 1.29 is 22.6 Å². The average molecular weight is 278 g/mol. The zero-order valence-electron chi connectivity index (χ0n) is 10.0. The minimum Gasteiger partial charge on any atom is -0.395 e. The molecule has 8 heteroatoms. The van der Waals surface area contributed by atoms with E-state index >= 15 is 0 Å². The molecule has 7 nitrogen and oxygen atoms in total. The van der Waals surface area contributed by atoms with Crippen molar-refractivity contribution in [3.63, 3.8) is 0 Å². The van der Waals surface area contributed by atoms with Gasteiger partial charge in [-0.05, 0) is 19.1 Å². The number of anilines is 1. The van der Waals surface area contributed by atoms with Gasteiger partial charge in [0.15, 0.2) is 0 Å². The molecule has 104 valence electrons. The van der Waals surface area contributed by atoms with Crippen LogP contribution in [0.1, 0.15) is 6.92 Å². The van der Waals surface area contributed by atoms with Crippen LogP contribution >= 0.6 is 0 Å². The Kier molecular flexibility index (Phi) is 8.25. The Hall–Kier alpha value is -1.19. The highest BCUT2D eigenvalue weighted by Crippen LogP contribution is 2.09. The molecular weight excluding hydrogens is 260 g/mol. The largest absolute Gasteiger partial charge is 0.395 e. The highest BCUT2D eigenvalue weighted by molar-refractivity contribution is 7.79. The second kappa shape index (κ2) is 8.84. The van der Waals surface area contributed by atoms with Gasteiger partial charge in [0, 0.05) is 13.1 Å². The molecule has 0 amide bonds. The summed E-state index contributed by atoms with van der Waals surface area (Å²) in [6.45, 7) is 3.69. The molecule has 0 saturated carbocycles. The molecule has 1 rings (SSSR count). The van der Waals surface area contributed by atoms with E-state index in [9.17, 15) is 0 Å². The molecule has 0 aliphatic heterocycles. The van der Waals surface area contributed by atoms with Crippen molar-refractivity contribution in [3.8, 4) is 0 Å². The number of nitrogens with zero attached hydrogens (tertiary/aromatic N) is 1. The summed E-state index contributed by atoms with van der Waals surface area (Å²) < 4.78 is 31.6. The van der Waals surface area contributed by atoms with E-state index in [0.29, 0.717) is 6.54 Å². The lowest BCUT2D eigenvalue weighted by Crippen LogP contribution is -2.39. The first-order valence-corrected chi connectivity index (χ1v) is 6.65. The lowest BCUT2D eigenvalue weighted by Gasteiger charge is -2.23. The molecule has 0 radical (unpaired) electrons. The van der Waals surface area contributed by atoms with Crippen LogP contribution in [0.5, 0.6) is 0 Å². The highest BCUT2D eigenvalue weighted by atomic mass is 32.3. The summed E-state index contributed by atoms with van der Waals surface area (Å²) in [6.07, 6.45) is 0. The van der Waals surface area contributed by atoms with Crippen LogP contribution in [0, 0.1) is 0 Å². The molecule has 0 heterocycles. The van der Waals surface area contributed by atoms with Crippen LogP contribution in [-0.4, -0.2) is 42.3 Å². The molecule has 0 aliphatic carbocycles. The summed E-state index contributed by atoms with van der Waals surface area (Å²) in [6, 6.07) is 10.1. The van der Waals surface area contributed by atoms with Crippen LogP contribution in [0.3, 0.4) is 0 Å². The van der Waals surface area contributed by atoms with Gasteiger partial charge in [-0.2, -0.15) is 8.42 Å². The number of aliphatic hydroxyl groups excluding tert-OH is 1. The molecule has 0 fully saturated rings. The summed E-state index contributed by atoms with van der Waals surface area (Å²) in [5, 5.41) is 10.7. The fourth-order valence-electron chi connectivity index (χ4n) is 1.18. The molecule has 0 atom stereocenters.